The third-order valence-corrected chi connectivity index (χ3v) is 7.93. The van der Waals surface area contributed by atoms with Crippen LogP contribution in [0.1, 0.15) is 53.7 Å². The highest BCUT2D eigenvalue weighted by Gasteiger charge is 2.20. The number of rotatable bonds is 5. The summed E-state index contributed by atoms with van der Waals surface area (Å²) in [7, 11) is 0. The van der Waals surface area contributed by atoms with E-state index in [1.165, 1.54) is 41.5 Å². The fourth-order valence-corrected chi connectivity index (χ4v) is 5.91. The predicted octanol–water partition coefficient (Wildman–Crippen LogP) is 7.31. The standard InChI is InChI=1S/C32H32N4O/c1-20-21(2)36(25-15-16-27(32(33)37)29(18-25)35-24-10-4-3-5-11-24)30-14-8-12-26(31(20)30)23-17-22-9-6-7-13-28(22)34-19-23/h6-9,12-19,24,35H,3-5,10-11H2,1-2H3,(H2,33,37). The number of aromatic nitrogens is 2. The Balaban J connectivity index is 1.49. The van der Waals surface area contributed by atoms with E-state index in [1.54, 1.807) is 0 Å². The lowest BCUT2D eigenvalue weighted by atomic mass is 9.95. The summed E-state index contributed by atoms with van der Waals surface area (Å²) in [6, 6.07) is 23.2. The fraction of sp³-hybridized carbons (Fsp3) is 0.250. The van der Waals surface area contributed by atoms with Gasteiger partial charge in [-0.2, -0.15) is 0 Å². The van der Waals surface area contributed by atoms with Crippen molar-refractivity contribution in [2.75, 3.05) is 5.32 Å². The van der Waals surface area contributed by atoms with Crippen molar-refractivity contribution in [1.82, 2.24) is 9.55 Å². The van der Waals surface area contributed by atoms with Crippen LogP contribution in [0.15, 0.2) is 72.9 Å². The van der Waals surface area contributed by atoms with Gasteiger partial charge in [-0.1, -0.05) is 49.6 Å². The van der Waals surface area contributed by atoms with Gasteiger partial charge in [0.1, 0.15) is 0 Å². The number of anilines is 1. The van der Waals surface area contributed by atoms with Crippen molar-refractivity contribution in [3.63, 3.8) is 0 Å². The molecule has 6 rings (SSSR count). The third kappa shape index (κ3) is 4.14. The minimum Gasteiger partial charge on any atom is -0.382 e. The SMILES string of the molecule is Cc1c(C)n(-c2ccc(C(N)=O)c(NC3CCCCC3)c2)c2cccc(-c3cnc4ccccc4c3)c12. The Labute approximate surface area is 217 Å². The van der Waals surface area contributed by atoms with Gasteiger partial charge in [0, 0.05) is 45.6 Å². The molecule has 1 aliphatic carbocycles. The molecule has 3 aromatic carbocycles. The van der Waals surface area contributed by atoms with Gasteiger partial charge in [-0.25, -0.2) is 0 Å². The van der Waals surface area contributed by atoms with Crippen molar-refractivity contribution in [3.05, 3.63) is 89.7 Å². The van der Waals surface area contributed by atoms with E-state index >= 15 is 0 Å². The molecule has 186 valence electrons. The van der Waals surface area contributed by atoms with Crippen LogP contribution in [0.2, 0.25) is 0 Å². The third-order valence-electron chi connectivity index (χ3n) is 7.93. The molecule has 0 radical (unpaired) electrons. The first-order chi connectivity index (χ1) is 18.0. The molecular formula is C32H32N4O. The van der Waals surface area contributed by atoms with Gasteiger partial charge >= 0.3 is 0 Å². The first-order valence-electron chi connectivity index (χ1n) is 13.2. The largest absolute Gasteiger partial charge is 0.382 e. The van der Waals surface area contributed by atoms with Crippen molar-refractivity contribution >= 4 is 33.4 Å². The number of primary amides is 1. The summed E-state index contributed by atoms with van der Waals surface area (Å²) in [6.07, 6.45) is 7.93. The molecular weight excluding hydrogens is 456 g/mol. The lowest BCUT2D eigenvalue weighted by molar-refractivity contribution is 0.100. The number of carbonyl (C=O) groups is 1. The quantitative estimate of drug-likeness (QED) is 0.272. The Hall–Kier alpha value is -4.12. The average molecular weight is 489 g/mol. The number of para-hydroxylation sites is 1. The highest BCUT2D eigenvalue weighted by Crippen LogP contribution is 2.37. The molecule has 2 heterocycles. The molecule has 37 heavy (non-hydrogen) atoms. The van der Waals surface area contributed by atoms with Crippen molar-refractivity contribution in [1.29, 1.82) is 0 Å². The Kier molecular flexibility index (Phi) is 5.91. The van der Waals surface area contributed by atoms with E-state index in [4.69, 9.17) is 10.7 Å². The normalized spacial score (nSPS) is 14.3. The molecule has 1 amide bonds. The second kappa shape index (κ2) is 9.40. The van der Waals surface area contributed by atoms with E-state index in [1.807, 2.05) is 30.5 Å². The molecule has 0 bridgehead atoms. The first-order valence-corrected chi connectivity index (χ1v) is 13.2. The van der Waals surface area contributed by atoms with Crippen LogP contribution in [0.25, 0.3) is 38.6 Å². The zero-order chi connectivity index (χ0) is 25.5. The number of nitrogens with one attached hydrogen (secondary N) is 1. The van der Waals surface area contributed by atoms with E-state index in [-0.39, 0.29) is 0 Å². The van der Waals surface area contributed by atoms with Gasteiger partial charge in [-0.05, 0) is 74.2 Å². The molecule has 0 aliphatic heterocycles. The second-order valence-electron chi connectivity index (χ2n) is 10.2. The lowest BCUT2D eigenvalue weighted by Crippen LogP contribution is -2.24. The van der Waals surface area contributed by atoms with Crippen molar-refractivity contribution < 1.29 is 4.79 Å². The summed E-state index contributed by atoms with van der Waals surface area (Å²) in [6.45, 7) is 4.35. The van der Waals surface area contributed by atoms with Crippen LogP contribution in [-0.2, 0) is 0 Å². The molecule has 0 saturated heterocycles. The van der Waals surface area contributed by atoms with E-state index in [0.717, 1.165) is 46.2 Å². The van der Waals surface area contributed by atoms with E-state index in [9.17, 15) is 4.79 Å². The number of nitrogens with two attached hydrogens (primary N) is 1. The molecule has 1 fully saturated rings. The van der Waals surface area contributed by atoms with Crippen LogP contribution < -0.4 is 11.1 Å². The van der Waals surface area contributed by atoms with Crippen LogP contribution in [0.5, 0.6) is 0 Å². The molecule has 0 spiro atoms. The van der Waals surface area contributed by atoms with Crippen LogP contribution in [0.3, 0.4) is 0 Å². The van der Waals surface area contributed by atoms with Crippen molar-refractivity contribution in [2.45, 2.75) is 52.0 Å². The van der Waals surface area contributed by atoms with Gasteiger partial charge < -0.3 is 15.6 Å². The van der Waals surface area contributed by atoms with Gasteiger partial charge in [0.25, 0.3) is 5.91 Å². The second-order valence-corrected chi connectivity index (χ2v) is 10.2. The highest BCUT2D eigenvalue weighted by atomic mass is 16.1. The lowest BCUT2D eigenvalue weighted by Gasteiger charge is -2.25. The number of carbonyl (C=O) groups excluding carboxylic acids is 1. The average Bonchev–Trinajstić information content (AvgIpc) is 3.18. The predicted molar refractivity (Wildman–Crippen MR) is 152 cm³/mol. The minimum absolute atomic E-state index is 0.373. The van der Waals surface area contributed by atoms with E-state index in [0.29, 0.717) is 11.6 Å². The van der Waals surface area contributed by atoms with E-state index < -0.39 is 5.91 Å². The summed E-state index contributed by atoms with van der Waals surface area (Å²) < 4.78 is 2.29. The van der Waals surface area contributed by atoms with Gasteiger partial charge in [-0.3, -0.25) is 9.78 Å². The molecule has 1 aliphatic rings. The maximum Gasteiger partial charge on any atom is 0.250 e. The zero-order valence-electron chi connectivity index (χ0n) is 21.4. The van der Waals surface area contributed by atoms with E-state index in [2.05, 4.69) is 66.2 Å². The zero-order valence-corrected chi connectivity index (χ0v) is 21.4. The summed E-state index contributed by atoms with van der Waals surface area (Å²) in [5.41, 5.74) is 15.0. The highest BCUT2D eigenvalue weighted by molar-refractivity contribution is 6.02. The van der Waals surface area contributed by atoms with Gasteiger partial charge in [-0.15, -0.1) is 0 Å². The monoisotopic (exact) mass is 488 g/mol. The maximum absolute atomic E-state index is 12.3. The van der Waals surface area contributed by atoms with Crippen molar-refractivity contribution in [2.24, 2.45) is 5.73 Å². The van der Waals surface area contributed by atoms with Crippen LogP contribution in [0.4, 0.5) is 5.69 Å². The number of hydrogen-bond donors (Lipinski definition) is 2. The Bertz CT molecular complexity index is 1640. The van der Waals surface area contributed by atoms with Gasteiger partial charge in [0.15, 0.2) is 0 Å². The number of fused-ring (bicyclic) bond motifs is 2. The molecule has 0 atom stereocenters. The van der Waals surface area contributed by atoms with Crippen molar-refractivity contribution in [3.8, 4) is 16.8 Å². The molecule has 0 unspecified atom stereocenters. The Morgan fingerprint density at radius 2 is 1.78 bits per heavy atom. The smallest absolute Gasteiger partial charge is 0.250 e. The molecule has 5 aromatic rings. The van der Waals surface area contributed by atoms with Gasteiger partial charge in [0.05, 0.1) is 16.6 Å². The summed E-state index contributed by atoms with van der Waals surface area (Å²) in [5.74, 6) is -0.402. The maximum atomic E-state index is 12.3. The summed E-state index contributed by atoms with van der Waals surface area (Å²) in [4.78, 5) is 17.0. The van der Waals surface area contributed by atoms with Gasteiger partial charge in [0.2, 0.25) is 0 Å². The number of hydrogen-bond acceptors (Lipinski definition) is 3. The number of aryl methyl sites for hydroxylation is 1. The Morgan fingerprint density at radius 1 is 0.973 bits per heavy atom. The molecule has 1 saturated carbocycles. The van der Waals surface area contributed by atoms with Crippen LogP contribution in [-0.4, -0.2) is 21.5 Å². The number of nitrogens with zero attached hydrogens (tertiary/aromatic N) is 2. The first kappa shape index (κ1) is 23.3. The minimum atomic E-state index is -0.402. The number of amides is 1. The molecule has 3 N–H and O–H groups in total. The molecule has 5 nitrogen and oxygen atoms in total. The van der Waals surface area contributed by atoms with Crippen LogP contribution in [0, 0.1) is 13.8 Å². The van der Waals surface area contributed by atoms with Crippen LogP contribution >= 0.6 is 0 Å². The Morgan fingerprint density at radius 3 is 2.59 bits per heavy atom. The fourth-order valence-electron chi connectivity index (χ4n) is 5.91. The summed E-state index contributed by atoms with van der Waals surface area (Å²) in [5, 5.41) is 6.00. The summed E-state index contributed by atoms with van der Waals surface area (Å²) >= 11 is 0. The topological polar surface area (TPSA) is 72.9 Å². The molecule has 2 aromatic heterocycles. The number of pyridine rings is 1. The number of benzene rings is 3. The molecule has 5 heteroatoms.